The van der Waals surface area contributed by atoms with Crippen LogP contribution in [0.3, 0.4) is 0 Å². The van der Waals surface area contributed by atoms with Crippen LogP contribution < -0.4 is 15.5 Å². The predicted octanol–water partition coefficient (Wildman–Crippen LogP) is 2.82. The van der Waals surface area contributed by atoms with Gasteiger partial charge in [-0.15, -0.1) is 0 Å². The molecule has 0 spiro atoms. The van der Waals surface area contributed by atoms with E-state index in [1.807, 2.05) is 6.07 Å². The minimum atomic E-state index is -0.0490. The van der Waals surface area contributed by atoms with Crippen LogP contribution in [-0.2, 0) is 4.79 Å². The first kappa shape index (κ1) is 17.3. The highest BCUT2D eigenvalue weighted by atomic mass is 16.2. The molecule has 4 saturated carbocycles. The molecule has 27 heavy (non-hydrogen) atoms. The van der Waals surface area contributed by atoms with Gasteiger partial charge in [-0.05, 0) is 69.1 Å². The molecule has 4 bridgehead atoms. The molecule has 1 aliphatic heterocycles. The number of carbonyl (C=O) groups is 1. The fraction of sp³-hybridized carbons (Fsp3) is 0.762. The van der Waals surface area contributed by atoms with Crippen LogP contribution in [0.1, 0.15) is 51.4 Å². The number of nitrogens with one attached hydrogen (secondary N) is 2. The third-order valence-electron chi connectivity index (χ3n) is 7.32. The van der Waals surface area contributed by atoms with E-state index in [1.165, 1.54) is 32.1 Å². The molecule has 0 atom stereocenters. The van der Waals surface area contributed by atoms with E-state index in [1.54, 1.807) is 6.33 Å². The topological polar surface area (TPSA) is 70.2 Å². The first-order valence-corrected chi connectivity index (χ1v) is 10.8. The van der Waals surface area contributed by atoms with Crippen LogP contribution in [0.25, 0.3) is 0 Å². The van der Waals surface area contributed by atoms with Crippen molar-refractivity contribution in [2.75, 3.05) is 36.4 Å². The molecule has 1 amide bonds. The third-order valence-corrected chi connectivity index (χ3v) is 7.32. The fourth-order valence-electron chi connectivity index (χ4n) is 6.51. The number of anilines is 2. The molecule has 0 radical (unpaired) electrons. The zero-order chi connectivity index (χ0) is 18.3. The van der Waals surface area contributed by atoms with Gasteiger partial charge in [0.05, 0.1) is 0 Å². The Morgan fingerprint density at radius 2 is 1.70 bits per heavy atom. The number of nitrogens with zero attached hydrogens (tertiary/aromatic N) is 3. The minimum Gasteiger partial charge on any atom is -0.368 e. The number of rotatable bonds is 6. The molecule has 2 N–H and O–H groups in total. The van der Waals surface area contributed by atoms with Gasteiger partial charge >= 0.3 is 0 Å². The molecule has 2 heterocycles. The smallest absolute Gasteiger partial charge is 0.226 e. The van der Waals surface area contributed by atoms with Crippen molar-refractivity contribution >= 4 is 17.5 Å². The maximum absolute atomic E-state index is 13.0. The van der Waals surface area contributed by atoms with Gasteiger partial charge in [0.1, 0.15) is 18.0 Å². The standard InChI is InChI=1S/C21H31N5O/c27-20(21-11-15-7-16(12-21)9-17(8-15)13-21)23-4-3-22-18-10-19(25-14-24-18)26-5-1-2-6-26/h10,14-17H,1-9,11-13H2,(H,23,27)(H,22,24,25). The van der Waals surface area contributed by atoms with E-state index < -0.39 is 0 Å². The monoisotopic (exact) mass is 369 g/mol. The Hall–Kier alpha value is -1.85. The van der Waals surface area contributed by atoms with Crippen molar-refractivity contribution in [3.8, 4) is 0 Å². The van der Waals surface area contributed by atoms with Crippen molar-refractivity contribution in [3.63, 3.8) is 0 Å². The summed E-state index contributed by atoms with van der Waals surface area (Å²) in [7, 11) is 0. The van der Waals surface area contributed by atoms with E-state index in [-0.39, 0.29) is 5.41 Å². The molecule has 6 heteroatoms. The Labute approximate surface area is 161 Å². The van der Waals surface area contributed by atoms with Gasteiger partial charge in [0.2, 0.25) is 5.91 Å². The zero-order valence-corrected chi connectivity index (χ0v) is 16.1. The van der Waals surface area contributed by atoms with E-state index >= 15 is 0 Å². The van der Waals surface area contributed by atoms with Crippen molar-refractivity contribution in [3.05, 3.63) is 12.4 Å². The highest BCUT2D eigenvalue weighted by Gasteiger charge is 2.54. The van der Waals surface area contributed by atoms with Crippen LogP contribution in [0.4, 0.5) is 11.6 Å². The molecule has 0 unspecified atom stereocenters. The number of carbonyl (C=O) groups excluding carboxylic acids is 1. The van der Waals surface area contributed by atoms with Gasteiger partial charge in [-0.2, -0.15) is 0 Å². The molecule has 1 aromatic rings. The molecule has 6 nitrogen and oxygen atoms in total. The quantitative estimate of drug-likeness (QED) is 0.755. The predicted molar refractivity (Wildman–Crippen MR) is 106 cm³/mol. The number of aromatic nitrogens is 2. The summed E-state index contributed by atoms with van der Waals surface area (Å²) in [5, 5.41) is 6.57. The number of hydrogen-bond acceptors (Lipinski definition) is 5. The molecule has 5 aliphatic rings. The Morgan fingerprint density at radius 3 is 2.37 bits per heavy atom. The lowest BCUT2D eigenvalue weighted by atomic mass is 9.49. The summed E-state index contributed by atoms with van der Waals surface area (Å²) >= 11 is 0. The summed E-state index contributed by atoms with van der Waals surface area (Å²) in [4.78, 5) is 24.0. The lowest BCUT2D eigenvalue weighted by Crippen LogP contribution is -2.54. The Balaban J connectivity index is 1.12. The van der Waals surface area contributed by atoms with Crippen LogP contribution in [0.2, 0.25) is 0 Å². The Bertz CT molecular complexity index is 664. The SMILES string of the molecule is O=C(NCCNc1cc(N2CCCC2)ncn1)C12CC3CC(CC(C3)C1)C2. The number of amides is 1. The summed E-state index contributed by atoms with van der Waals surface area (Å²) in [5.74, 6) is 4.59. The fourth-order valence-corrected chi connectivity index (χ4v) is 6.51. The summed E-state index contributed by atoms with van der Waals surface area (Å²) < 4.78 is 0. The van der Waals surface area contributed by atoms with Crippen molar-refractivity contribution in [2.45, 2.75) is 51.4 Å². The van der Waals surface area contributed by atoms with Crippen LogP contribution in [0.5, 0.6) is 0 Å². The maximum atomic E-state index is 13.0. The van der Waals surface area contributed by atoms with Gasteiger partial charge < -0.3 is 15.5 Å². The molecule has 5 fully saturated rings. The van der Waals surface area contributed by atoms with Gasteiger partial charge in [-0.25, -0.2) is 9.97 Å². The molecule has 4 aliphatic carbocycles. The maximum Gasteiger partial charge on any atom is 0.226 e. The molecule has 146 valence electrons. The van der Waals surface area contributed by atoms with E-state index in [0.29, 0.717) is 19.0 Å². The summed E-state index contributed by atoms with van der Waals surface area (Å²) in [6, 6.07) is 2.02. The van der Waals surface area contributed by atoms with Crippen LogP contribution in [-0.4, -0.2) is 42.1 Å². The van der Waals surface area contributed by atoms with Gasteiger partial charge in [0.25, 0.3) is 0 Å². The lowest BCUT2D eigenvalue weighted by Gasteiger charge is -2.55. The van der Waals surface area contributed by atoms with Crippen LogP contribution in [0.15, 0.2) is 12.4 Å². The first-order valence-electron chi connectivity index (χ1n) is 10.8. The second kappa shape index (κ2) is 6.95. The van der Waals surface area contributed by atoms with E-state index in [4.69, 9.17) is 0 Å². The summed E-state index contributed by atoms with van der Waals surface area (Å²) in [6.45, 7) is 3.52. The van der Waals surface area contributed by atoms with E-state index in [0.717, 1.165) is 61.7 Å². The highest BCUT2D eigenvalue weighted by molar-refractivity contribution is 5.83. The molecular weight excluding hydrogens is 338 g/mol. The normalized spacial score (nSPS) is 34.1. The zero-order valence-electron chi connectivity index (χ0n) is 16.1. The average molecular weight is 370 g/mol. The molecule has 1 saturated heterocycles. The summed E-state index contributed by atoms with van der Waals surface area (Å²) in [6.07, 6.45) is 11.6. The van der Waals surface area contributed by atoms with Crippen LogP contribution >= 0.6 is 0 Å². The highest BCUT2D eigenvalue weighted by Crippen LogP contribution is 2.60. The average Bonchev–Trinajstić information content (AvgIpc) is 3.19. The van der Waals surface area contributed by atoms with Crippen molar-refractivity contribution in [2.24, 2.45) is 23.2 Å². The summed E-state index contributed by atoms with van der Waals surface area (Å²) in [5.41, 5.74) is -0.0490. The molecule has 1 aromatic heterocycles. The minimum absolute atomic E-state index is 0.0490. The largest absolute Gasteiger partial charge is 0.368 e. The molecular formula is C21H31N5O. The van der Waals surface area contributed by atoms with Gasteiger partial charge in [0.15, 0.2) is 0 Å². The Morgan fingerprint density at radius 1 is 1.04 bits per heavy atom. The lowest BCUT2D eigenvalue weighted by molar-refractivity contribution is -0.146. The van der Waals surface area contributed by atoms with Crippen molar-refractivity contribution in [1.82, 2.24) is 15.3 Å². The molecule has 6 rings (SSSR count). The van der Waals surface area contributed by atoms with Crippen molar-refractivity contribution in [1.29, 1.82) is 0 Å². The van der Waals surface area contributed by atoms with E-state index in [9.17, 15) is 4.79 Å². The number of hydrogen-bond donors (Lipinski definition) is 2. The first-order chi connectivity index (χ1) is 13.2. The molecule has 0 aromatic carbocycles. The Kier molecular flexibility index (Phi) is 4.44. The second-order valence-corrected chi connectivity index (χ2v) is 9.34. The van der Waals surface area contributed by atoms with Gasteiger partial charge in [-0.3, -0.25) is 4.79 Å². The van der Waals surface area contributed by atoms with Crippen molar-refractivity contribution < 1.29 is 4.79 Å². The van der Waals surface area contributed by atoms with Crippen LogP contribution in [0, 0.1) is 23.2 Å². The van der Waals surface area contributed by atoms with E-state index in [2.05, 4.69) is 25.5 Å². The van der Waals surface area contributed by atoms with Gasteiger partial charge in [-0.1, -0.05) is 0 Å². The van der Waals surface area contributed by atoms with Gasteiger partial charge in [0, 0.05) is 37.7 Å². The third kappa shape index (κ3) is 3.39. The second-order valence-electron chi connectivity index (χ2n) is 9.34.